The molecule has 1 aromatic rings. The molecule has 1 heterocycles. The molecule has 0 spiro atoms. The van der Waals surface area contributed by atoms with Crippen molar-refractivity contribution in [3.05, 3.63) is 29.6 Å². The van der Waals surface area contributed by atoms with Crippen molar-refractivity contribution in [2.24, 2.45) is 11.8 Å². The van der Waals surface area contributed by atoms with Gasteiger partial charge in [-0.15, -0.1) is 0 Å². The summed E-state index contributed by atoms with van der Waals surface area (Å²) in [7, 11) is 0. The fourth-order valence-electron chi connectivity index (χ4n) is 2.60. The van der Waals surface area contributed by atoms with Gasteiger partial charge in [0.25, 0.3) is 0 Å². The van der Waals surface area contributed by atoms with E-state index in [1.54, 1.807) is 32.9 Å². The zero-order valence-electron chi connectivity index (χ0n) is 14.8. The minimum absolute atomic E-state index is 0.0714. The molecule has 7 heteroatoms. The van der Waals surface area contributed by atoms with Gasteiger partial charge in [0.15, 0.2) is 0 Å². The Balaban J connectivity index is 1.85. The van der Waals surface area contributed by atoms with Crippen LogP contribution in [0.3, 0.4) is 0 Å². The fraction of sp³-hybridized carbons (Fsp3) is 0.500. The molecule has 0 radical (unpaired) electrons. The third kappa shape index (κ3) is 4.78. The Morgan fingerprint density at radius 2 is 1.96 bits per heavy atom. The first-order valence-electron chi connectivity index (χ1n) is 8.41. The van der Waals surface area contributed by atoms with Crippen molar-refractivity contribution in [2.45, 2.75) is 27.2 Å². The maximum Gasteiger partial charge on any atom is 0.227 e. The Labute approximate surface area is 146 Å². The quantitative estimate of drug-likeness (QED) is 0.762. The van der Waals surface area contributed by atoms with Gasteiger partial charge in [-0.3, -0.25) is 14.4 Å². The van der Waals surface area contributed by atoms with Gasteiger partial charge in [0.1, 0.15) is 5.82 Å². The van der Waals surface area contributed by atoms with E-state index in [4.69, 9.17) is 0 Å². The van der Waals surface area contributed by atoms with E-state index in [1.807, 2.05) is 0 Å². The second-order valence-corrected chi connectivity index (χ2v) is 6.58. The summed E-state index contributed by atoms with van der Waals surface area (Å²) in [6.45, 7) is 6.11. The summed E-state index contributed by atoms with van der Waals surface area (Å²) >= 11 is 0. The minimum atomic E-state index is -0.474. The van der Waals surface area contributed by atoms with Crippen LogP contribution in [-0.4, -0.2) is 37.4 Å². The van der Waals surface area contributed by atoms with Crippen LogP contribution in [0.25, 0.3) is 0 Å². The van der Waals surface area contributed by atoms with E-state index in [1.165, 1.54) is 11.0 Å². The summed E-state index contributed by atoms with van der Waals surface area (Å²) < 4.78 is 13.7. The molecule has 1 atom stereocenters. The van der Waals surface area contributed by atoms with E-state index in [9.17, 15) is 18.8 Å². The predicted octanol–water partition coefficient (Wildman–Crippen LogP) is 1.38. The number of halogens is 1. The van der Waals surface area contributed by atoms with E-state index in [0.29, 0.717) is 24.3 Å². The molecule has 0 saturated carbocycles. The van der Waals surface area contributed by atoms with E-state index in [-0.39, 0.29) is 42.4 Å². The normalized spacial score (nSPS) is 17.1. The van der Waals surface area contributed by atoms with Crippen molar-refractivity contribution in [3.8, 4) is 0 Å². The standard InChI is InChI=1S/C18H24FN3O3/c1-11(2)17(24)20-6-7-21-18(25)13-8-16(23)22(10-13)14-5-4-12(3)15(19)9-14/h4-5,9,11,13H,6-8,10H2,1-3H3,(H,20,24)(H,21,25)/t13-/m1/s1. The predicted molar refractivity (Wildman–Crippen MR) is 92.5 cm³/mol. The average molecular weight is 349 g/mol. The number of carbonyl (C=O) groups is 3. The molecule has 0 bridgehead atoms. The third-order valence-corrected chi connectivity index (χ3v) is 4.21. The van der Waals surface area contributed by atoms with Gasteiger partial charge < -0.3 is 15.5 Å². The molecule has 2 N–H and O–H groups in total. The van der Waals surface area contributed by atoms with Crippen molar-refractivity contribution < 1.29 is 18.8 Å². The topological polar surface area (TPSA) is 78.5 Å². The van der Waals surface area contributed by atoms with Crippen LogP contribution in [0.2, 0.25) is 0 Å². The van der Waals surface area contributed by atoms with Gasteiger partial charge in [-0.1, -0.05) is 19.9 Å². The minimum Gasteiger partial charge on any atom is -0.354 e. The zero-order valence-corrected chi connectivity index (χ0v) is 14.8. The van der Waals surface area contributed by atoms with Gasteiger partial charge >= 0.3 is 0 Å². The van der Waals surface area contributed by atoms with E-state index >= 15 is 0 Å². The molecule has 25 heavy (non-hydrogen) atoms. The molecular weight excluding hydrogens is 325 g/mol. The van der Waals surface area contributed by atoms with Gasteiger partial charge in [0.05, 0.1) is 5.92 Å². The summed E-state index contributed by atoms with van der Waals surface area (Å²) in [6.07, 6.45) is 0.0969. The number of nitrogens with zero attached hydrogens (tertiary/aromatic N) is 1. The lowest BCUT2D eigenvalue weighted by molar-refractivity contribution is -0.126. The number of amides is 3. The van der Waals surface area contributed by atoms with Crippen LogP contribution in [0.15, 0.2) is 18.2 Å². The number of hydrogen-bond donors (Lipinski definition) is 2. The SMILES string of the molecule is Cc1ccc(N2C[C@H](C(=O)NCCNC(=O)C(C)C)CC2=O)cc1F. The van der Waals surface area contributed by atoms with Crippen LogP contribution in [0, 0.1) is 24.6 Å². The molecule has 136 valence electrons. The number of rotatable bonds is 6. The first kappa shape index (κ1) is 18.9. The zero-order chi connectivity index (χ0) is 18.6. The maximum absolute atomic E-state index is 13.7. The summed E-state index contributed by atoms with van der Waals surface area (Å²) in [5.74, 6) is -1.46. The third-order valence-electron chi connectivity index (χ3n) is 4.21. The number of nitrogens with one attached hydrogen (secondary N) is 2. The van der Waals surface area contributed by atoms with Gasteiger partial charge in [-0.2, -0.15) is 0 Å². The molecular formula is C18H24FN3O3. The second kappa shape index (κ2) is 8.09. The molecule has 0 unspecified atom stereocenters. The van der Waals surface area contributed by atoms with Crippen LogP contribution in [0.5, 0.6) is 0 Å². The van der Waals surface area contributed by atoms with Crippen LogP contribution in [0.1, 0.15) is 25.8 Å². The number of carbonyl (C=O) groups excluding carboxylic acids is 3. The lowest BCUT2D eigenvalue weighted by Gasteiger charge is -2.17. The molecule has 6 nitrogen and oxygen atoms in total. The smallest absolute Gasteiger partial charge is 0.227 e. The Morgan fingerprint density at radius 1 is 1.28 bits per heavy atom. The van der Waals surface area contributed by atoms with Crippen LogP contribution in [0.4, 0.5) is 10.1 Å². The second-order valence-electron chi connectivity index (χ2n) is 6.58. The number of hydrogen-bond acceptors (Lipinski definition) is 3. The van der Waals surface area contributed by atoms with Crippen molar-refractivity contribution in [1.29, 1.82) is 0 Å². The van der Waals surface area contributed by atoms with Crippen molar-refractivity contribution >= 4 is 23.4 Å². The van der Waals surface area contributed by atoms with Gasteiger partial charge in [-0.05, 0) is 24.6 Å². The largest absolute Gasteiger partial charge is 0.354 e. The lowest BCUT2D eigenvalue weighted by Crippen LogP contribution is -2.39. The lowest BCUT2D eigenvalue weighted by atomic mass is 10.1. The van der Waals surface area contributed by atoms with Crippen molar-refractivity contribution in [3.63, 3.8) is 0 Å². The molecule has 1 saturated heterocycles. The molecule has 1 aliphatic rings. The van der Waals surface area contributed by atoms with Gasteiger partial charge in [-0.25, -0.2) is 4.39 Å². The van der Waals surface area contributed by atoms with Crippen molar-refractivity contribution in [2.75, 3.05) is 24.5 Å². The molecule has 3 amide bonds. The van der Waals surface area contributed by atoms with Crippen LogP contribution >= 0.6 is 0 Å². The highest BCUT2D eigenvalue weighted by molar-refractivity contribution is 6.00. The summed E-state index contributed by atoms with van der Waals surface area (Å²) in [6, 6.07) is 4.61. The molecule has 1 fully saturated rings. The Bertz CT molecular complexity index is 676. The van der Waals surface area contributed by atoms with E-state index < -0.39 is 5.92 Å². The molecule has 1 aromatic carbocycles. The maximum atomic E-state index is 13.7. The highest BCUT2D eigenvalue weighted by Crippen LogP contribution is 2.26. The van der Waals surface area contributed by atoms with Crippen LogP contribution in [-0.2, 0) is 14.4 Å². The Kier molecular flexibility index (Phi) is 6.12. The summed E-state index contributed by atoms with van der Waals surface area (Å²) in [5.41, 5.74) is 0.973. The van der Waals surface area contributed by atoms with Gasteiger partial charge in [0.2, 0.25) is 17.7 Å². The highest BCUT2D eigenvalue weighted by atomic mass is 19.1. The molecule has 0 aliphatic carbocycles. The fourth-order valence-corrected chi connectivity index (χ4v) is 2.60. The number of anilines is 1. The summed E-state index contributed by atoms with van der Waals surface area (Å²) in [5, 5.41) is 5.44. The number of benzene rings is 1. The van der Waals surface area contributed by atoms with Crippen LogP contribution < -0.4 is 15.5 Å². The first-order chi connectivity index (χ1) is 11.8. The molecule has 2 rings (SSSR count). The summed E-state index contributed by atoms with van der Waals surface area (Å²) in [4.78, 5) is 37.2. The monoisotopic (exact) mass is 349 g/mol. The number of aryl methyl sites for hydroxylation is 1. The van der Waals surface area contributed by atoms with Gasteiger partial charge in [0, 0.05) is 37.7 Å². The highest BCUT2D eigenvalue weighted by Gasteiger charge is 2.35. The first-order valence-corrected chi connectivity index (χ1v) is 8.41. The van der Waals surface area contributed by atoms with Crippen molar-refractivity contribution in [1.82, 2.24) is 10.6 Å². The molecule has 0 aromatic heterocycles. The van der Waals surface area contributed by atoms with E-state index in [2.05, 4.69) is 10.6 Å². The Morgan fingerprint density at radius 3 is 2.60 bits per heavy atom. The molecule has 1 aliphatic heterocycles. The van der Waals surface area contributed by atoms with E-state index in [0.717, 1.165) is 0 Å². The Hall–Kier alpha value is -2.44. The average Bonchev–Trinajstić information content (AvgIpc) is 2.95.